The van der Waals surface area contributed by atoms with Crippen molar-refractivity contribution in [3.63, 3.8) is 0 Å². The Morgan fingerprint density at radius 2 is 1.71 bits per heavy atom. The SMILES string of the molecule is Cc1ccc(S(=O)(=O)[C@@H]2[C@H](c3cccc(Cl)c3)C2(CO)CO)cc1. The minimum atomic E-state index is -3.69. The second-order valence-corrected chi connectivity index (χ2v) is 8.87. The quantitative estimate of drug-likeness (QED) is 0.852. The topological polar surface area (TPSA) is 74.6 Å². The van der Waals surface area contributed by atoms with Crippen LogP contribution in [0.15, 0.2) is 53.4 Å². The molecule has 0 aromatic heterocycles. The normalized spacial score (nSPS) is 22.3. The molecule has 0 heterocycles. The van der Waals surface area contributed by atoms with E-state index in [0.29, 0.717) is 10.6 Å². The molecule has 0 saturated heterocycles. The summed E-state index contributed by atoms with van der Waals surface area (Å²) in [5.41, 5.74) is 0.590. The Balaban J connectivity index is 2.06. The molecule has 2 aromatic rings. The van der Waals surface area contributed by atoms with Crippen molar-refractivity contribution in [3.8, 4) is 0 Å². The summed E-state index contributed by atoms with van der Waals surface area (Å²) in [6, 6.07) is 13.5. The fourth-order valence-electron chi connectivity index (χ4n) is 3.45. The lowest BCUT2D eigenvalue weighted by Gasteiger charge is -2.11. The van der Waals surface area contributed by atoms with Gasteiger partial charge in [0, 0.05) is 16.4 Å². The molecule has 0 bridgehead atoms. The highest BCUT2D eigenvalue weighted by Gasteiger charge is 2.70. The van der Waals surface area contributed by atoms with Crippen molar-refractivity contribution in [2.45, 2.75) is 23.0 Å². The highest BCUT2D eigenvalue weighted by atomic mass is 35.5. The smallest absolute Gasteiger partial charge is 0.182 e. The Kier molecular flexibility index (Phi) is 4.47. The molecular weight excluding hydrogens is 348 g/mol. The van der Waals surface area contributed by atoms with Gasteiger partial charge in [-0.15, -0.1) is 0 Å². The Hall–Kier alpha value is -1.40. The average molecular weight is 367 g/mol. The van der Waals surface area contributed by atoms with E-state index in [1.165, 1.54) is 0 Å². The number of rotatable bonds is 5. The first-order chi connectivity index (χ1) is 11.4. The Morgan fingerprint density at radius 3 is 2.25 bits per heavy atom. The molecule has 0 unspecified atom stereocenters. The fourth-order valence-corrected chi connectivity index (χ4v) is 6.08. The third-order valence-corrected chi connectivity index (χ3v) is 7.43. The number of hydrogen-bond donors (Lipinski definition) is 2. The maximum absolute atomic E-state index is 13.1. The highest BCUT2D eigenvalue weighted by Crippen LogP contribution is 2.63. The van der Waals surface area contributed by atoms with Crippen molar-refractivity contribution in [2.24, 2.45) is 5.41 Å². The van der Waals surface area contributed by atoms with Gasteiger partial charge in [-0.2, -0.15) is 0 Å². The van der Waals surface area contributed by atoms with Gasteiger partial charge < -0.3 is 10.2 Å². The molecule has 1 saturated carbocycles. The van der Waals surface area contributed by atoms with Gasteiger partial charge in [-0.1, -0.05) is 41.4 Å². The van der Waals surface area contributed by atoms with Crippen LogP contribution in [0.5, 0.6) is 0 Å². The molecular formula is C18H19ClO4S. The van der Waals surface area contributed by atoms with E-state index in [1.807, 2.05) is 6.92 Å². The molecule has 1 fully saturated rings. The van der Waals surface area contributed by atoms with Crippen LogP contribution in [0.25, 0.3) is 0 Å². The van der Waals surface area contributed by atoms with Gasteiger partial charge in [0.25, 0.3) is 0 Å². The molecule has 6 heteroatoms. The summed E-state index contributed by atoms with van der Waals surface area (Å²) in [6.07, 6.45) is 0. The van der Waals surface area contributed by atoms with Crippen molar-refractivity contribution >= 4 is 21.4 Å². The Bertz CT molecular complexity index is 842. The fraction of sp³-hybridized carbons (Fsp3) is 0.333. The Morgan fingerprint density at radius 1 is 1.08 bits per heavy atom. The third-order valence-electron chi connectivity index (χ3n) is 4.86. The lowest BCUT2D eigenvalue weighted by Crippen LogP contribution is -2.23. The predicted octanol–water partition coefficient (Wildman–Crippen LogP) is 2.56. The number of sulfone groups is 1. The molecule has 24 heavy (non-hydrogen) atoms. The lowest BCUT2D eigenvalue weighted by molar-refractivity contribution is 0.130. The first-order valence-electron chi connectivity index (χ1n) is 7.64. The molecule has 2 N–H and O–H groups in total. The van der Waals surface area contributed by atoms with Crippen LogP contribution < -0.4 is 0 Å². The van der Waals surface area contributed by atoms with E-state index in [0.717, 1.165) is 5.56 Å². The molecule has 1 aliphatic rings. The monoisotopic (exact) mass is 366 g/mol. The number of aliphatic hydroxyl groups is 2. The average Bonchev–Trinajstić information content (AvgIpc) is 3.26. The first kappa shape index (κ1) is 17.4. The highest BCUT2D eigenvalue weighted by molar-refractivity contribution is 7.92. The van der Waals surface area contributed by atoms with E-state index in [9.17, 15) is 18.6 Å². The maximum Gasteiger partial charge on any atom is 0.182 e. The van der Waals surface area contributed by atoms with Crippen molar-refractivity contribution in [2.75, 3.05) is 13.2 Å². The van der Waals surface area contributed by atoms with E-state index >= 15 is 0 Å². The summed E-state index contributed by atoms with van der Waals surface area (Å²) in [5, 5.41) is 19.3. The summed E-state index contributed by atoms with van der Waals surface area (Å²) >= 11 is 6.02. The van der Waals surface area contributed by atoms with Crippen molar-refractivity contribution in [3.05, 3.63) is 64.7 Å². The number of hydrogen-bond acceptors (Lipinski definition) is 4. The second-order valence-electron chi connectivity index (χ2n) is 6.36. The van der Waals surface area contributed by atoms with Gasteiger partial charge >= 0.3 is 0 Å². The van der Waals surface area contributed by atoms with Gasteiger partial charge in [0.1, 0.15) is 0 Å². The van der Waals surface area contributed by atoms with Crippen molar-refractivity contribution in [1.29, 1.82) is 0 Å². The van der Waals surface area contributed by atoms with Crippen LogP contribution in [-0.4, -0.2) is 37.1 Å². The summed E-state index contributed by atoms with van der Waals surface area (Å²) in [5.74, 6) is -0.488. The second kappa shape index (κ2) is 6.15. The summed E-state index contributed by atoms with van der Waals surface area (Å²) in [7, 11) is -3.69. The van der Waals surface area contributed by atoms with Crippen molar-refractivity contribution in [1.82, 2.24) is 0 Å². The molecule has 0 spiro atoms. The number of aliphatic hydroxyl groups excluding tert-OH is 2. The van der Waals surface area contributed by atoms with Gasteiger partial charge in [-0.25, -0.2) is 8.42 Å². The zero-order valence-electron chi connectivity index (χ0n) is 13.2. The third kappa shape index (κ3) is 2.65. The zero-order valence-corrected chi connectivity index (χ0v) is 14.8. The molecule has 2 atom stereocenters. The van der Waals surface area contributed by atoms with E-state index in [2.05, 4.69) is 0 Å². The lowest BCUT2D eigenvalue weighted by atomic mass is 10.0. The van der Waals surface area contributed by atoms with Crippen LogP contribution in [0.4, 0.5) is 0 Å². The zero-order chi connectivity index (χ0) is 17.5. The summed E-state index contributed by atoms with van der Waals surface area (Å²) in [6.45, 7) is 1.07. The van der Waals surface area contributed by atoms with Crippen LogP contribution in [0.2, 0.25) is 5.02 Å². The largest absolute Gasteiger partial charge is 0.396 e. The van der Waals surface area contributed by atoms with E-state index in [1.54, 1.807) is 48.5 Å². The van der Waals surface area contributed by atoms with Gasteiger partial charge in [0.2, 0.25) is 0 Å². The minimum Gasteiger partial charge on any atom is -0.396 e. The van der Waals surface area contributed by atoms with E-state index in [-0.39, 0.29) is 4.90 Å². The van der Waals surface area contributed by atoms with Crippen LogP contribution in [-0.2, 0) is 9.84 Å². The number of benzene rings is 2. The number of aryl methyl sites for hydroxylation is 1. The molecule has 0 aliphatic heterocycles. The standard InChI is InChI=1S/C18H19ClO4S/c1-12-5-7-15(8-6-12)24(22,23)17-16(18(17,10-20)11-21)13-3-2-4-14(19)9-13/h2-9,16-17,20-21H,10-11H2,1H3/t16-,17+/m0/s1. The molecule has 3 rings (SSSR count). The minimum absolute atomic E-state index is 0.203. The molecule has 1 aliphatic carbocycles. The predicted molar refractivity (Wildman–Crippen MR) is 93.0 cm³/mol. The van der Waals surface area contributed by atoms with E-state index < -0.39 is 39.6 Å². The first-order valence-corrected chi connectivity index (χ1v) is 9.57. The molecule has 128 valence electrons. The van der Waals surface area contributed by atoms with Gasteiger partial charge in [-0.05, 0) is 36.8 Å². The van der Waals surface area contributed by atoms with Crippen LogP contribution >= 0.6 is 11.6 Å². The van der Waals surface area contributed by atoms with Gasteiger partial charge in [0.05, 0.1) is 23.4 Å². The number of halogens is 1. The van der Waals surface area contributed by atoms with Crippen LogP contribution in [0, 0.1) is 12.3 Å². The van der Waals surface area contributed by atoms with Crippen LogP contribution in [0.1, 0.15) is 17.0 Å². The Labute approximate surface area is 146 Å². The molecule has 2 aromatic carbocycles. The molecule has 0 radical (unpaired) electrons. The van der Waals surface area contributed by atoms with Gasteiger partial charge in [-0.3, -0.25) is 0 Å². The van der Waals surface area contributed by atoms with Crippen LogP contribution in [0.3, 0.4) is 0 Å². The molecule has 4 nitrogen and oxygen atoms in total. The van der Waals surface area contributed by atoms with Crippen molar-refractivity contribution < 1.29 is 18.6 Å². The van der Waals surface area contributed by atoms with E-state index in [4.69, 9.17) is 11.6 Å². The van der Waals surface area contributed by atoms with Gasteiger partial charge in [0.15, 0.2) is 9.84 Å². The molecule has 0 amide bonds. The summed E-state index contributed by atoms with van der Waals surface area (Å²) in [4.78, 5) is 0.203. The maximum atomic E-state index is 13.1. The summed E-state index contributed by atoms with van der Waals surface area (Å²) < 4.78 is 26.1.